The van der Waals surface area contributed by atoms with Crippen molar-refractivity contribution in [2.24, 2.45) is 17.8 Å². The Morgan fingerprint density at radius 3 is 2.44 bits per heavy atom. The quantitative estimate of drug-likeness (QED) is 0.0580. The summed E-state index contributed by atoms with van der Waals surface area (Å²) in [6, 6.07) is 18.9. The summed E-state index contributed by atoms with van der Waals surface area (Å²) in [4.78, 5) is 3.07. The molecule has 8 N–H and O–H groups in total. The molecule has 4 aliphatic rings. The average molecular weight is 837 g/mol. The number of hydrogen-bond donors (Lipinski definition) is 8. The van der Waals surface area contributed by atoms with E-state index >= 15 is 0 Å². The molecule has 0 bridgehead atoms. The van der Waals surface area contributed by atoms with Crippen LogP contribution in [-0.2, 0) is 23.2 Å². The van der Waals surface area contributed by atoms with E-state index in [9.17, 15) is 30.6 Å². The van der Waals surface area contributed by atoms with E-state index in [1.807, 2.05) is 37.6 Å². The Kier molecular flexibility index (Phi) is 13.7. The fraction of sp³-hybridized carbons (Fsp3) is 0.569. The highest BCUT2D eigenvalue weighted by Crippen LogP contribution is 2.54. The summed E-state index contributed by atoms with van der Waals surface area (Å²) in [7, 11) is 3.44. The van der Waals surface area contributed by atoms with E-state index < -0.39 is 36.4 Å². The third-order valence-corrected chi connectivity index (χ3v) is 15.5. The maximum atomic E-state index is 12.4. The van der Waals surface area contributed by atoms with Crippen molar-refractivity contribution in [3.63, 3.8) is 0 Å². The normalized spacial score (nSPS) is 28.2. The van der Waals surface area contributed by atoms with Crippen LogP contribution in [0.5, 0.6) is 23.0 Å². The van der Waals surface area contributed by atoms with Crippen LogP contribution in [0.15, 0.2) is 67.0 Å². The van der Waals surface area contributed by atoms with Crippen LogP contribution < -0.4 is 10.1 Å². The predicted octanol–water partition coefficient (Wildman–Crippen LogP) is 8.76. The van der Waals surface area contributed by atoms with Gasteiger partial charge >= 0.3 is 0 Å². The lowest BCUT2D eigenvalue weighted by atomic mass is 9.61. The number of phenols is 3. The lowest BCUT2D eigenvalue weighted by Gasteiger charge is -2.46. The maximum absolute atomic E-state index is 12.4. The molecule has 3 aliphatic carbocycles. The van der Waals surface area contributed by atoms with Gasteiger partial charge in [-0.3, -0.25) is 0 Å². The Labute approximate surface area is 361 Å². The molecule has 61 heavy (non-hydrogen) atoms. The van der Waals surface area contributed by atoms with Gasteiger partial charge in [-0.05, 0) is 147 Å². The Bertz CT molecular complexity index is 2050. The Hall–Kier alpha value is -4.06. The molecule has 8 rings (SSSR count). The van der Waals surface area contributed by atoms with Gasteiger partial charge in [0.25, 0.3) is 0 Å². The molecule has 2 heterocycles. The zero-order valence-electron chi connectivity index (χ0n) is 36.1. The van der Waals surface area contributed by atoms with Crippen molar-refractivity contribution in [1.29, 1.82) is 0 Å². The standard InChI is InChI=1S/C51H68N2O8/c1-52-21-17-31-11-14-36(44(57)28-51(19-7-4-8-20-51)35-9-5-3-6-10-35)38(23-31)39-25-33(13-16-42(39)55)34-12-15-37-43(56)27-46(61-45(37)26-34)47-40(24-32-18-22-53-29-32)50(60-2)49(59)48(58)41(47)30-54/h3,5-6,9-10,13,16,18,22,25,29,31,34,36-38,43-46,52-59H,4,7-8,11-12,14-15,17,19-21,23-24,26-28,30H2,1-2H3/t31-,34-,36+,37+,38+,43-,44+,45-,46-/m0/s1. The van der Waals surface area contributed by atoms with E-state index in [0.29, 0.717) is 35.6 Å². The molecule has 0 radical (unpaired) electrons. The first-order valence-electron chi connectivity index (χ1n) is 23.0. The molecule has 1 saturated heterocycles. The van der Waals surface area contributed by atoms with Crippen molar-refractivity contribution in [3.8, 4) is 23.0 Å². The van der Waals surface area contributed by atoms with Crippen LogP contribution in [0.3, 0.4) is 0 Å². The topological polar surface area (TPSA) is 168 Å². The summed E-state index contributed by atoms with van der Waals surface area (Å²) in [6.07, 6.45) is 15.0. The number of rotatable bonds is 14. The molecule has 3 saturated carbocycles. The minimum Gasteiger partial charge on any atom is -0.508 e. The third kappa shape index (κ3) is 8.94. The van der Waals surface area contributed by atoms with Gasteiger partial charge in [0, 0.05) is 42.3 Å². The van der Waals surface area contributed by atoms with Crippen LogP contribution in [0.25, 0.3) is 0 Å². The van der Waals surface area contributed by atoms with E-state index in [0.717, 1.165) is 81.0 Å². The van der Waals surface area contributed by atoms with Crippen LogP contribution in [0.1, 0.15) is 147 Å². The molecule has 3 aromatic carbocycles. The fourth-order valence-electron chi connectivity index (χ4n) is 12.4. The number of aliphatic hydroxyl groups is 3. The van der Waals surface area contributed by atoms with Crippen molar-refractivity contribution in [2.75, 3.05) is 20.7 Å². The molecule has 0 spiro atoms. The van der Waals surface area contributed by atoms with Crippen molar-refractivity contribution < 1.29 is 40.1 Å². The predicted molar refractivity (Wildman–Crippen MR) is 236 cm³/mol. The van der Waals surface area contributed by atoms with E-state index in [1.54, 1.807) is 0 Å². The summed E-state index contributed by atoms with van der Waals surface area (Å²) >= 11 is 0. The van der Waals surface area contributed by atoms with Gasteiger partial charge in [-0.1, -0.05) is 61.7 Å². The molecule has 9 atom stereocenters. The molecular weight excluding hydrogens is 769 g/mol. The lowest BCUT2D eigenvalue weighted by molar-refractivity contribution is -0.154. The van der Waals surface area contributed by atoms with Crippen LogP contribution in [0, 0.1) is 17.8 Å². The van der Waals surface area contributed by atoms with Crippen molar-refractivity contribution in [1.82, 2.24) is 10.3 Å². The van der Waals surface area contributed by atoms with Crippen LogP contribution in [-0.4, -0.2) is 74.6 Å². The first kappa shape index (κ1) is 43.6. The Morgan fingerprint density at radius 2 is 1.72 bits per heavy atom. The zero-order chi connectivity index (χ0) is 42.7. The number of aromatic hydroxyl groups is 3. The molecular formula is C51H68N2O8. The molecule has 10 nitrogen and oxygen atoms in total. The van der Waals surface area contributed by atoms with Gasteiger partial charge in [-0.25, -0.2) is 0 Å². The molecule has 4 fully saturated rings. The number of fused-ring (bicyclic) bond motifs is 1. The van der Waals surface area contributed by atoms with Gasteiger partial charge in [-0.15, -0.1) is 0 Å². The highest BCUT2D eigenvalue weighted by atomic mass is 16.5. The van der Waals surface area contributed by atoms with Gasteiger partial charge in [-0.2, -0.15) is 0 Å². The summed E-state index contributed by atoms with van der Waals surface area (Å²) in [5, 5.41) is 71.9. The number of H-pyrrole nitrogens is 1. The van der Waals surface area contributed by atoms with Gasteiger partial charge < -0.3 is 50.4 Å². The zero-order valence-corrected chi connectivity index (χ0v) is 36.1. The summed E-state index contributed by atoms with van der Waals surface area (Å²) in [6.45, 7) is 0.414. The molecule has 1 aliphatic heterocycles. The molecule has 0 amide bonds. The number of ether oxygens (including phenoxy) is 2. The second-order valence-corrected chi connectivity index (χ2v) is 18.9. The van der Waals surface area contributed by atoms with E-state index in [4.69, 9.17) is 9.47 Å². The highest BCUT2D eigenvalue weighted by molar-refractivity contribution is 5.64. The second-order valence-electron chi connectivity index (χ2n) is 18.9. The molecule has 1 aromatic heterocycles. The van der Waals surface area contributed by atoms with Crippen LogP contribution >= 0.6 is 0 Å². The maximum Gasteiger partial charge on any atom is 0.201 e. The third-order valence-electron chi connectivity index (χ3n) is 15.5. The summed E-state index contributed by atoms with van der Waals surface area (Å²) < 4.78 is 12.6. The highest BCUT2D eigenvalue weighted by Gasteiger charge is 2.46. The monoisotopic (exact) mass is 836 g/mol. The van der Waals surface area contributed by atoms with Gasteiger partial charge in [0.15, 0.2) is 11.5 Å². The number of nitrogens with one attached hydrogen (secondary N) is 2. The van der Waals surface area contributed by atoms with E-state index in [2.05, 4.69) is 46.7 Å². The summed E-state index contributed by atoms with van der Waals surface area (Å²) in [5.74, 6) is 0.117. The number of benzene rings is 3. The van der Waals surface area contributed by atoms with Crippen LogP contribution in [0.2, 0.25) is 0 Å². The van der Waals surface area contributed by atoms with Crippen molar-refractivity contribution >= 4 is 0 Å². The first-order valence-corrected chi connectivity index (χ1v) is 23.0. The number of aromatic amines is 1. The first-order chi connectivity index (χ1) is 29.6. The molecule has 330 valence electrons. The average Bonchev–Trinajstić information content (AvgIpc) is 3.80. The smallest absolute Gasteiger partial charge is 0.201 e. The van der Waals surface area contributed by atoms with Crippen molar-refractivity contribution in [2.45, 2.75) is 145 Å². The van der Waals surface area contributed by atoms with Crippen LogP contribution in [0.4, 0.5) is 0 Å². The van der Waals surface area contributed by atoms with Gasteiger partial charge in [0.05, 0.1) is 38.1 Å². The van der Waals surface area contributed by atoms with E-state index in [-0.39, 0.29) is 52.9 Å². The minimum absolute atomic E-state index is 0.0166. The summed E-state index contributed by atoms with van der Waals surface area (Å²) in [5.41, 5.74) is 5.62. The number of aliphatic hydroxyl groups excluding tert-OH is 3. The van der Waals surface area contributed by atoms with Gasteiger partial charge in [0.1, 0.15) is 5.75 Å². The number of phenolic OH excluding ortho intramolecular Hbond substituents is 2. The molecule has 4 aromatic rings. The SMILES string of the molecule is CNCC[C@@H]1CC[C@@H]([C@H](O)CC2(c3ccccc3)CCCCC2)[C@H](c2cc([C@H]3CC[C@H]4[C@H](C3)O[C@H](c3c(CO)c(O)c(O)c(OC)c3Cc3cc[nH]c3)C[C@@H]4O)ccc2O)C1. The largest absolute Gasteiger partial charge is 0.508 e. The Morgan fingerprint density at radius 1 is 0.918 bits per heavy atom. The Balaban J connectivity index is 1.07. The molecule has 10 heteroatoms. The minimum atomic E-state index is -0.670. The lowest BCUT2D eigenvalue weighted by Crippen LogP contribution is -2.44. The number of aromatic nitrogens is 1. The van der Waals surface area contributed by atoms with Gasteiger partial charge in [0.2, 0.25) is 5.75 Å². The number of methoxy groups -OCH3 is 1. The number of hydrogen-bond acceptors (Lipinski definition) is 9. The molecule has 0 unspecified atom stereocenters. The van der Waals surface area contributed by atoms with E-state index in [1.165, 1.54) is 31.9 Å². The van der Waals surface area contributed by atoms with Crippen molar-refractivity contribution in [3.05, 3.63) is 106 Å². The second kappa shape index (κ2) is 19.1. The fourth-order valence-corrected chi connectivity index (χ4v) is 12.4.